The summed E-state index contributed by atoms with van der Waals surface area (Å²) in [4.78, 5) is 24.8. The predicted molar refractivity (Wildman–Crippen MR) is 91.6 cm³/mol. The van der Waals surface area contributed by atoms with Crippen LogP contribution in [0.15, 0.2) is 4.79 Å². The van der Waals surface area contributed by atoms with Crippen molar-refractivity contribution >= 4 is 5.95 Å². The standard InChI is InChI=1S/C17H30N4O/c1-5-7-9-21(10-8-6-2)17-18-15-13(3)11-20(4)12-14(15)16(22)19-17/h13H,5-12H2,1-4H3,(H,18,19,22). The van der Waals surface area contributed by atoms with E-state index in [0.717, 1.165) is 62.5 Å². The zero-order chi connectivity index (χ0) is 16.1. The van der Waals surface area contributed by atoms with Crippen LogP contribution in [0, 0.1) is 0 Å². The molecule has 1 aromatic rings. The van der Waals surface area contributed by atoms with E-state index in [4.69, 9.17) is 4.98 Å². The first-order valence-electron chi connectivity index (χ1n) is 8.63. The third-order valence-electron chi connectivity index (χ3n) is 4.38. The number of unbranched alkanes of at least 4 members (excludes halogenated alkanes) is 2. The summed E-state index contributed by atoms with van der Waals surface area (Å²) in [6, 6.07) is 0. The van der Waals surface area contributed by atoms with Gasteiger partial charge in [-0.3, -0.25) is 9.78 Å². The van der Waals surface area contributed by atoms with Crippen LogP contribution in [0.2, 0.25) is 0 Å². The second-order valence-electron chi connectivity index (χ2n) is 6.55. The van der Waals surface area contributed by atoms with Gasteiger partial charge in [-0.15, -0.1) is 0 Å². The fraction of sp³-hybridized carbons (Fsp3) is 0.765. The second-order valence-corrected chi connectivity index (χ2v) is 6.55. The molecule has 1 aliphatic rings. The van der Waals surface area contributed by atoms with E-state index in [1.807, 2.05) is 0 Å². The third kappa shape index (κ3) is 3.88. The van der Waals surface area contributed by atoms with Crippen molar-refractivity contribution in [2.75, 3.05) is 31.6 Å². The first kappa shape index (κ1) is 17.0. The maximum Gasteiger partial charge on any atom is 0.257 e. The first-order chi connectivity index (χ1) is 10.6. The highest BCUT2D eigenvalue weighted by molar-refractivity contribution is 5.35. The molecular formula is C17H30N4O. The SMILES string of the molecule is CCCCN(CCCC)c1nc2c(c(=O)[nH]1)CN(C)CC2C. The molecule has 0 saturated carbocycles. The van der Waals surface area contributed by atoms with Crippen LogP contribution < -0.4 is 10.5 Å². The van der Waals surface area contributed by atoms with E-state index in [0.29, 0.717) is 12.5 Å². The number of fused-ring (bicyclic) bond motifs is 1. The van der Waals surface area contributed by atoms with Gasteiger partial charge in [0.25, 0.3) is 5.56 Å². The number of aromatic nitrogens is 2. The van der Waals surface area contributed by atoms with Crippen LogP contribution in [-0.4, -0.2) is 41.5 Å². The maximum absolute atomic E-state index is 12.5. The lowest BCUT2D eigenvalue weighted by atomic mass is 9.98. The zero-order valence-corrected chi connectivity index (χ0v) is 14.5. The predicted octanol–water partition coefficient (Wildman–Crippen LogP) is 2.73. The van der Waals surface area contributed by atoms with Gasteiger partial charge in [-0.25, -0.2) is 4.98 Å². The Kier molecular flexibility index (Phi) is 6.00. The van der Waals surface area contributed by atoms with Crippen LogP contribution in [0.1, 0.15) is 63.6 Å². The van der Waals surface area contributed by atoms with Crippen molar-refractivity contribution < 1.29 is 0 Å². The van der Waals surface area contributed by atoms with Crippen LogP contribution >= 0.6 is 0 Å². The highest BCUT2D eigenvalue weighted by Gasteiger charge is 2.25. The van der Waals surface area contributed by atoms with E-state index >= 15 is 0 Å². The van der Waals surface area contributed by atoms with Crippen molar-refractivity contribution in [2.45, 2.75) is 58.9 Å². The van der Waals surface area contributed by atoms with Crippen molar-refractivity contribution in [2.24, 2.45) is 0 Å². The molecule has 0 aliphatic carbocycles. The smallest absolute Gasteiger partial charge is 0.257 e. The molecule has 0 radical (unpaired) electrons. The number of rotatable bonds is 7. The molecule has 124 valence electrons. The summed E-state index contributed by atoms with van der Waals surface area (Å²) >= 11 is 0. The normalized spacial score (nSPS) is 18.3. The first-order valence-corrected chi connectivity index (χ1v) is 8.63. The molecule has 5 nitrogen and oxygen atoms in total. The summed E-state index contributed by atoms with van der Waals surface area (Å²) in [5.74, 6) is 1.08. The van der Waals surface area contributed by atoms with Crippen molar-refractivity contribution in [3.05, 3.63) is 21.6 Å². The number of nitrogens with one attached hydrogen (secondary N) is 1. The summed E-state index contributed by atoms with van der Waals surface area (Å²) in [5, 5.41) is 0. The lowest BCUT2D eigenvalue weighted by Crippen LogP contribution is -2.37. The van der Waals surface area contributed by atoms with Crippen molar-refractivity contribution in [1.82, 2.24) is 14.9 Å². The largest absolute Gasteiger partial charge is 0.342 e. The van der Waals surface area contributed by atoms with E-state index in [1.165, 1.54) is 0 Å². The molecule has 2 rings (SSSR count). The molecule has 0 fully saturated rings. The Balaban J connectivity index is 2.31. The summed E-state index contributed by atoms with van der Waals surface area (Å²) in [6.07, 6.45) is 4.56. The third-order valence-corrected chi connectivity index (χ3v) is 4.38. The van der Waals surface area contributed by atoms with E-state index in [2.05, 4.69) is 42.6 Å². The molecule has 2 heterocycles. The summed E-state index contributed by atoms with van der Waals surface area (Å²) in [7, 11) is 2.06. The number of likely N-dealkylation sites (N-methyl/N-ethyl adjacent to an activating group) is 1. The number of H-pyrrole nitrogens is 1. The van der Waals surface area contributed by atoms with Crippen LogP contribution in [0.4, 0.5) is 5.95 Å². The van der Waals surface area contributed by atoms with Crippen LogP contribution in [0.5, 0.6) is 0 Å². The monoisotopic (exact) mass is 306 g/mol. The number of hydrogen-bond donors (Lipinski definition) is 1. The molecule has 0 aromatic carbocycles. The molecule has 1 aliphatic heterocycles. The van der Waals surface area contributed by atoms with Crippen molar-refractivity contribution in [3.63, 3.8) is 0 Å². The average molecular weight is 306 g/mol. The number of anilines is 1. The van der Waals surface area contributed by atoms with Crippen molar-refractivity contribution in [1.29, 1.82) is 0 Å². The highest BCUT2D eigenvalue weighted by atomic mass is 16.1. The maximum atomic E-state index is 12.5. The lowest BCUT2D eigenvalue weighted by Gasteiger charge is -2.30. The molecule has 22 heavy (non-hydrogen) atoms. The molecule has 1 aromatic heterocycles. The molecule has 0 saturated heterocycles. The molecule has 1 N–H and O–H groups in total. The zero-order valence-electron chi connectivity index (χ0n) is 14.5. The molecule has 0 spiro atoms. The summed E-state index contributed by atoms with van der Waals surface area (Å²) in [6.45, 7) is 10.1. The van der Waals surface area contributed by atoms with Gasteiger partial charge in [0.05, 0.1) is 11.3 Å². The minimum absolute atomic E-state index is 0.0383. The Labute approximate surface area is 133 Å². The minimum Gasteiger partial charge on any atom is -0.342 e. The molecule has 0 bridgehead atoms. The van der Waals surface area contributed by atoms with Crippen LogP contribution in [0.25, 0.3) is 0 Å². The lowest BCUT2D eigenvalue weighted by molar-refractivity contribution is 0.282. The van der Waals surface area contributed by atoms with Crippen molar-refractivity contribution in [3.8, 4) is 0 Å². The van der Waals surface area contributed by atoms with Gasteiger partial charge in [0.15, 0.2) is 0 Å². The molecule has 0 amide bonds. The molecular weight excluding hydrogens is 276 g/mol. The van der Waals surface area contributed by atoms with Gasteiger partial charge in [-0.1, -0.05) is 33.6 Å². The fourth-order valence-corrected chi connectivity index (χ4v) is 3.12. The van der Waals surface area contributed by atoms with Gasteiger partial charge in [-0.2, -0.15) is 0 Å². The second kappa shape index (κ2) is 7.77. The van der Waals surface area contributed by atoms with Gasteiger partial charge in [0.2, 0.25) is 5.95 Å². The highest BCUT2D eigenvalue weighted by Crippen LogP contribution is 2.24. The molecule has 1 unspecified atom stereocenters. The number of aromatic amines is 1. The average Bonchev–Trinajstić information content (AvgIpc) is 2.48. The Bertz CT molecular complexity index is 532. The topological polar surface area (TPSA) is 52.2 Å². The van der Waals surface area contributed by atoms with Gasteiger partial charge >= 0.3 is 0 Å². The van der Waals surface area contributed by atoms with Crippen LogP contribution in [-0.2, 0) is 6.54 Å². The van der Waals surface area contributed by atoms with E-state index in [1.54, 1.807) is 0 Å². The van der Waals surface area contributed by atoms with Gasteiger partial charge in [-0.05, 0) is 19.9 Å². The minimum atomic E-state index is 0.0383. The molecule has 5 heteroatoms. The fourth-order valence-electron chi connectivity index (χ4n) is 3.12. The Morgan fingerprint density at radius 3 is 2.50 bits per heavy atom. The summed E-state index contributed by atoms with van der Waals surface area (Å²) < 4.78 is 0. The van der Waals surface area contributed by atoms with Crippen LogP contribution in [0.3, 0.4) is 0 Å². The van der Waals surface area contributed by atoms with Gasteiger partial charge < -0.3 is 9.80 Å². The molecule has 1 atom stereocenters. The number of nitrogens with zero attached hydrogens (tertiary/aromatic N) is 3. The van der Waals surface area contributed by atoms with E-state index in [-0.39, 0.29) is 5.56 Å². The quantitative estimate of drug-likeness (QED) is 0.841. The van der Waals surface area contributed by atoms with Gasteiger partial charge in [0.1, 0.15) is 0 Å². The Hall–Kier alpha value is -1.36. The van der Waals surface area contributed by atoms with E-state index in [9.17, 15) is 4.79 Å². The van der Waals surface area contributed by atoms with Gasteiger partial charge in [0, 0.05) is 32.1 Å². The Morgan fingerprint density at radius 1 is 1.27 bits per heavy atom. The van der Waals surface area contributed by atoms with E-state index < -0.39 is 0 Å². The number of hydrogen-bond acceptors (Lipinski definition) is 4. The Morgan fingerprint density at radius 2 is 1.91 bits per heavy atom. The summed E-state index contributed by atoms with van der Waals surface area (Å²) in [5.41, 5.74) is 1.88.